The number of nitrogens with one attached hydrogen (secondary N) is 1. The number of hydrogen-bond acceptors (Lipinski definition) is 8. The lowest BCUT2D eigenvalue weighted by molar-refractivity contribution is -0.162. The van der Waals surface area contributed by atoms with E-state index in [2.05, 4.69) is 5.32 Å². The maximum atomic E-state index is 14.7. The quantitative estimate of drug-likeness (QED) is 0.231. The first kappa shape index (κ1) is 34.8. The van der Waals surface area contributed by atoms with Crippen LogP contribution in [0.1, 0.15) is 43.8 Å². The van der Waals surface area contributed by atoms with Gasteiger partial charge in [-0.05, 0) is 55.5 Å². The summed E-state index contributed by atoms with van der Waals surface area (Å²) in [5.74, 6) is -3.74. The van der Waals surface area contributed by atoms with E-state index < -0.39 is 47.7 Å². The Morgan fingerprint density at radius 1 is 1.00 bits per heavy atom. The fourth-order valence-corrected chi connectivity index (χ4v) is 7.68. The van der Waals surface area contributed by atoms with Crippen LogP contribution in [0.25, 0.3) is 0 Å². The topological polar surface area (TPSA) is 135 Å². The van der Waals surface area contributed by atoms with E-state index in [1.165, 1.54) is 7.11 Å². The van der Waals surface area contributed by atoms with Crippen molar-refractivity contribution < 1.29 is 38.5 Å². The van der Waals surface area contributed by atoms with Crippen LogP contribution in [0.4, 0.5) is 5.69 Å². The van der Waals surface area contributed by atoms with Gasteiger partial charge in [0.15, 0.2) is 0 Å². The smallest absolute Gasteiger partial charge is 0.313 e. The van der Waals surface area contributed by atoms with Gasteiger partial charge in [-0.2, -0.15) is 0 Å². The van der Waals surface area contributed by atoms with E-state index >= 15 is 0 Å². The highest BCUT2D eigenvalue weighted by Gasteiger charge is 2.71. The minimum atomic E-state index is -1.46. The van der Waals surface area contributed by atoms with Crippen molar-refractivity contribution in [2.45, 2.75) is 62.0 Å². The van der Waals surface area contributed by atoms with Gasteiger partial charge in [0, 0.05) is 43.9 Å². The number of rotatable bonds is 9. The molecular weight excluding hydrogens is 650 g/mol. The van der Waals surface area contributed by atoms with Gasteiger partial charge in [-0.25, -0.2) is 0 Å². The number of carbonyl (C=O) groups is 4. The fourth-order valence-electron chi connectivity index (χ4n) is 7.55. The Balaban J connectivity index is 1.42. The molecule has 2 aromatic rings. The SMILES string of the molecule is COC[C@@H]1NC(=O)CC/C=C\[C@@H]2O[C@@]34C=CCN(c5ccc(Cl)cc5)C(=O)[C@@H]3N(CCCCCO)C(=O)[C@H]4[C@@H]2C(=O)O[C@H]1c1ccccc1. The van der Waals surface area contributed by atoms with Gasteiger partial charge in [0.1, 0.15) is 23.7 Å². The van der Waals surface area contributed by atoms with Crippen LogP contribution in [0.2, 0.25) is 5.02 Å². The minimum Gasteiger partial charge on any atom is -0.455 e. The second-order valence-electron chi connectivity index (χ2n) is 12.8. The Morgan fingerprint density at radius 2 is 1.78 bits per heavy atom. The molecule has 7 atom stereocenters. The van der Waals surface area contributed by atoms with Crippen LogP contribution >= 0.6 is 11.6 Å². The monoisotopic (exact) mass is 691 g/mol. The van der Waals surface area contributed by atoms with Crippen LogP contribution in [-0.2, 0) is 33.4 Å². The summed E-state index contributed by atoms with van der Waals surface area (Å²) >= 11 is 6.16. The zero-order chi connectivity index (χ0) is 34.5. The molecule has 6 rings (SSSR count). The lowest BCUT2D eigenvalue weighted by Crippen LogP contribution is -2.55. The molecule has 0 unspecified atom stereocenters. The molecule has 11 nitrogen and oxygen atoms in total. The van der Waals surface area contributed by atoms with Gasteiger partial charge in [-0.15, -0.1) is 0 Å². The first-order chi connectivity index (χ1) is 23.8. The molecule has 3 amide bonds. The summed E-state index contributed by atoms with van der Waals surface area (Å²) in [4.78, 5) is 60.0. The van der Waals surface area contributed by atoms with E-state index in [9.17, 15) is 24.3 Å². The third-order valence-electron chi connectivity index (χ3n) is 9.75. The van der Waals surface area contributed by atoms with Crippen molar-refractivity contribution in [3.8, 4) is 0 Å². The molecule has 0 aliphatic carbocycles. The molecule has 0 bridgehead atoms. The molecule has 2 saturated heterocycles. The number of ether oxygens (including phenoxy) is 3. The van der Waals surface area contributed by atoms with Crippen molar-refractivity contribution in [3.63, 3.8) is 0 Å². The molecule has 4 heterocycles. The molecule has 49 heavy (non-hydrogen) atoms. The van der Waals surface area contributed by atoms with E-state index in [4.69, 9.17) is 25.8 Å². The van der Waals surface area contributed by atoms with Crippen molar-refractivity contribution in [1.29, 1.82) is 0 Å². The molecular formula is C37H42ClN3O8. The summed E-state index contributed by atoms with van der Waals surface area (Å²) < 4.78 is 18.6. The molecule has 4 aliphatic heterocycles. The summed E-state index contributed by atoms with van der Waals surface area (Å²) in [7, 11) is 1.51. The van der Waals surface area contributed by atoms with Crippen molar-refractivity contribution in [1.82, 2.24) is 10.2 Å². The van der Waals surface area contributed by atoms with Gasteiger partial charge in [-0.1, -0.05) is 66.2 Å². The Morgan fingerprint density at radius 3 is 2.51 bits per heavy atom. The summed E-state index contributed by atoms with van der Waals surface area (Å²) in [6, 6.07) is 14.2. The number of aliphatic hydroxyl groups excluding tert-OH is 1. The summed E-state index contributed by atoms with van der Waals surface area (Å²) in [6.45, 7) is 0.566. The summed E-state index contributed by atoms with van der Waals surface area (Å²) in [5, 5.41) is 12.9. The number of amides is 3. The molecule has 2 aromatic carbocycles. The first-order valence-electron chi connectivity index (χ1n) is 16.8. The molecule has 4 aliphatic rings. The maximum absolute atomic E-state index is 14.7. The molecule has 0 saturated carbocycles. The highest BCUT2D eigenvalue weighted by atomic mass is 35.5. The molecule has 12 heteroatoms. The van der Waals surface area contributed by atoms with Gasteiger partial charge in [0.2, 0.25) is 11.8 Å². The van der Waals surface area contributed by atoms with Crippen molar-refractivity contribution in [2.75, 3.05) is 38.3 Å². The number of esters is 1. The van der Waals surface area contributed by atoms with Gasteiger partial charge >= 0.3 is 5.97 Å². The van der Waals surface area contributed by atoms with Gasteiger partial charge in [0.25, 0.3) is 5.91 Å². The summed E-state index contributed by atoms with van der Waals surface area (Å²) in [5.41, 5.74) is -0.198. The van der Waals surface area contributed by atoms with Gasteiger partial charge in [-0.3, -0.25) is 19.2 Å². The van der Waals surface area contributed by atoms with E-state index in [0.29, 0.717) is 42.0 Å². The Bertz CT molecular complexity index is 1580. The number of carbonyl (C=O) groups excluding carboxylic acids is 4. The number of cyclic esters (lactones) is 1. The number of fused-ring (bicyclic) bond motifs is 2. The van der Waals surface area contributed by atoms with E-state index in [1.54, 1.807) is 52.3 Å². The molecule has 2 N–H and O–H groups in total. The lowest BCUT2D eigenvalue weighted by atomic mass is 9.77. The number of benzene rings is 2. The number of unbranched alkanes of at least 4 members (excludes halogenated alkanes) is 2. The fraction of sp³-hybridized carbons (Fsp3) is 0.459. The molecule has 0 radical (unpaired) electrons. The Kier molecular flexibility index (Phi) is 10.8. The van der Waals surface area contributed by atoms with E-state index in [1.807, 2.05) is 36.4 Å². The van der Waals surface area contributed by atoms with Crippen molar-refractivity contribution in [2.24, 2.45) is 11.8 Å². The predicted molar refractivity (Wildman–Crippen MR) is 181 cm³/mol. The van der Waals surface area contributed by atoms with E-state index in [0.717, 1.165) is 0 Å². The van der Waals surface area contributed by atoms with Crippen LogP contribution < -0.4 is 10.2 Å². The largest absolute Gasteiger partial charge is 0.455 e. The average molecular weight is 692 g/mol. The van der Waals surface area contributed by atoms with Crippen LogP contribution in [0, 0.1) is 11.8 Å². The van der Waals surface area contributed by atoms with Gasteiger partial charge < -0.3 is 34.4 Å². The van der Waals surface area contributed by atoms with E-state index in [-0.39, 0.29) is 50.4 Å². The number of halogens is 1. The highest BCUT2D eigenvalue weighted by Crippen LogP contribution is 2.53. The first-order valence-corrected chi connectivity index (χ1v) is 17.2. The second-order valence-corrected chi connectivity index (χ2v) is 13.3. The van der Waals surface area contributed by atoms with Gasteiger partial charge in [0.05, 0.1) is 24.7 Å². The molecule has 2 fully saturated rings. The number of nitrogens with zero attached hydrogens (tertiary/aromatic N) is 2. The third-order valence-corrected chi connectivity index (χ3v) is 10.0. The standard InChI is InChI=1S/C37H42ClN3O8/c1-47-23-27-32(24-11-4-2-5-12-24)48-36(46)30-28(13-6-7-14-29(43)39-27)49-37-19-10-21-40(26-17-15-25(38)16-18-26)35(45)33(37)41(34(44)31(30)37)20-8-3-9-22-42/h2,4-6,10-13,15-19,27-28,30-33,42H,3,7-9,14,20-23H2,1H3,(H,39,43)/b13-6-/t27-,28-,30+,31+,32-,33-,37+/m0/s1. The normalized spacial score (nSPS) is 30.8. The Hall–Kier alpha value is -4.03. The molecule has 260 valence electrons. The van der Waals surface area contributed by atoms with Crippen LogP contribution in [0.3, 0.4) is 0 Å². The average Bonchev–Trinajstić information content (AvgIpc) is 3.48. The lowest BCUT2D eigenvalue weighted by Gasteiger charge is -2.35. The molecule has 0 aromatic heterocycles. The number of hydrogen-bond donors (Lipinski definition) is 2. The van der Waals surface area contributed by atoms with Crippen LogP contribution in [0.5, 0.6) is 0 Å². The van der Waals surface area contributed by atoms with Crippen LogP contribution in [-0.4, -0.2) is 90.9 Å². The van der Waals surface area contributed by atoms with Crippen molar-refractivity contribution >= 4 is 41.0 Å². The third kappa shape index (κ3) is 6.90. The summed E-state index contributed by atoms with van der Waals surface area (Å²) in [6.07, 6.45) is 7.57. The maximum Gasteiger partial charge on any atom is 0.313 e. The second kappa shape index (κ2) is 15.2. The number of allylic oxidation sites excluding steroid dienone is 1. The number of likely N-dealkylation sites (tertiary alicyclic amines) is 1. The zero-order valence-corrected chi connectivity index (χ0v) is 28.2. The number of anilines is 1. The highest BCUT2D eigenvalue weighted by molar-refractivity contribution is 6.30. The Labute approximate surface area is 290 Å². The predicted octanol–water partition coefficient (Wildman–Crippen LogP) is 3.75. The van der Waals surface area contributed by atoms with Crippen LogP contribution in [0.15, 0.2) is 78.9 Å². The number of methoxy groups -OCH3 is 1. The zero-order valence-electron chi connectivity index (χ0n) is 27.4. The minimum absolute atomic E-state index is 0.0219. The van der Waals surface area contributed by atoms with Crippen molar-refractivity contribution in [3.05, 3.63) is 89.5 Å². The molecule has 1 spiro atoms. The number of aliphatic hydroxyl groups is 1.